The maximum atomic E-state index is 10.7. The van der Waals surface area contributed by atoms with E-state index in [4.69, 9.17) is 0 Å². The zero-order chi connectivity index (χ0) is 10.1. The lowest BCUT2D eigenvalue weighted by molar-refractivity contribution is -0.109. The molecule has 1 atom stereocenters. The summed E-state index contributed by atoms with van der Waals surface area (Å²) in [5.41, 5.74) is 1.66. The molecular formula is C10H11NO3. The summed E-state index contributed by atoms with van der Waals surface area (Å²) in [6.07, 6.45) is 1.56. The molecule has 0 bridgehead atoms. The molecule has 0 fully saturated rings. The van der Waals surface area contributed by atoms with E-state index in [1.807, 2.05) is 0 Å². The molecule has 1 aliphatic heterocycles. The number of aromatic hydroxyl groups is 2. The Balaban J connectivity index is 2.52. The molecule has 1 aromatic carbocycles. The van der Waals surface area contributed by atoms with Crippen molar-refractivity contribution in [3.8, 4) is 11.5 Å². The van der Waals surface area contributed by atoms with E-state index < -0.39 is 0 Å². The molecule has 0 radical (unpaired) electrons. The van der Waals surface area contributed by atoms with E-state index in [1.54, 1.807) is 0 Å². The average Bonchev–Trinajstić information content (AvgIpc) is 2.19. The molecular weight excluding hydrogens is 182 g/mol. The molecule has 1 unspecified atom stereocenters. The van der Waals surface area contributed by atoms with Gasteiger partial charge in [-0.3, -0.25) is 0 Å². The van der Waals surface area contributed by atoms with Gasteiger partial charge in [0, 0.05) is 6.54 Å². The minimum atomic E-state index is -0.370. The van der Waals surface area contributed by atoms with Gasteiger partial charge in [0.05, 0.1) is 6.04 Å². The molecule has 74 valence electrons. The minimum Gasteiger partial charge on any atom is -0.504 e. The first-order valence-electron chi connectivity index (χ1n) is 4.46. The van der Waals surface area contributed by atoms with Crippen molar-refractivity contribution in [3.63, 3.8) is 0 Å². The second kappa shape index (κ2) is 3.31. The molecule has 1 aromatic rings. The van der Waals surface area contributed by atoms with Gasteiger partial charge in [0.25, 0.3) is 0 Å². The fraction of sp³-hybridized carbons (Fsp3) is 0.300. The summed E-state index contributed by atoms with van der Waals surface area (Å²) in [6.45, 7) is 0.709. The van der Waals surface area contributed by atoms with Gasteiger partial charge < -0.3 is 20.3 Å². The van der Waals surface area contributed by atoms with Crippen molar-refractivity contribution in [2.45, 2.75) is 12.5 Å². The van der Waals surface area contributed by atoms with Gasteiger partial charge in [0.2, 0.25) is 0 Å². The third-order valence-electron chi connectivity index (χ3n) is 2.47. The number of nitrogens with one attached hydrogen (secondary N) is 1. The van der Waals surface area contributed by atoms with Crippen LogP contribution in [0.15, 0.2) is 12.1 Å². The number of phenols is 2. The quantitative estimate of drug-likeness (QED) is 0.448. The highest BCUT2D eigenvalue weighted by atomic mass is 16.3. The molecule has 0 aromatic heterocycles. The summed E-state index contributed by atoms with van der Waals surface area (Å²) in [4.78, 5) is 10.7. The van der Waals surface area contributed by atoms with Crippen LogP contribution in [-0.4, -0.2) is 23.0 Å². The van der Waals surface area contributed by atoms with E-state index in [1.165, 1.54) is 12.1 Å². The molecule has 3 N–H and O–H groups in total. The van der Waals surface area contributed by atoms with Crippen LogP contribution in [0.5, 0.6) is 11.5 Å². The highest BCUT2D eigenvalue weighted by Gasteiger charge is 2.20. The van der Waals surface area contributed by atoms with Crippen molar-refractivity contribution in [2.75, 3.05) is 6.54 Å². The molecule has 0 saturated carbocycles. The number of rotatable bonds is 1. The van der Waals surface area contributed by atoms with Gasteiger partial charge in [-0.05, 0) is 29.7 Å². The molecule has 4 nitrogen and oxygen atoms in total. The molecule has 0 spiro atoms. The summed E-state index contributed by atoms with van der Waals surface area (Å²) >= 11 is 0. The fourth-order valence-corrected chi connectivity index (χ4v) is 1.74. The minimum absolute atomic E-state index is 0.129. The van der Waals surface area contributed by atoms with Crippen LogP contribution >= 0.6 is 0 Å². The largest absolute Gasteiger partial charge is 0.504 e. The van der Waals surface area contributed by atoms with Crippen LogP contribution in [0.3, 0.4) is 0 Å². The molecule has 1 aliphatic rings. The molecule has 1 heterocycles. The Kier molecular flexibility index (Phi) is 2.13. The van der Waals surface area contributed by atoms with Crippen LogP contribution < -0.4 is 5.32 Å². The van der Waals surface area contributed by atoms with E-state index in [0.717, 1.165) is 23.8 Å². The first-order chi connectivity index (χ1) is 6.72. The molecule has 0 saturated heterocycles. The Hall–Kier alpha value is -1.55. The van der Waals surface area contributed by atoms with Crippen LogP contribution in [0, 0.1) is 0 Å². The summed E-state index contributed by atoms with van der Waals surface area (Å²) < 4.78 is 0. The van der Waals surface area contributed by atoms with Crippen molar-refractivity contribution in [3.05, 3.63) is 23.3 Å². The number of carbonyl (C=O) groups excluding carboxylic acids is 1. The maximum Gasteiger partial charge on any atom is 0.157 e. The topological polar surface area (TPSA) is 69.6 Å². The van der Waals surface area contributed by atoms with Crippen LogP contribution in [0.2, 0.25) is 0 Å². The summed E-state index contributed by atoms with van der Waals surface area (Å²) in [5, 5.41) is 21.6. The predicted molar refractivity (Wildman–Crippen MR) is 50.3 cm³/mol. The zero-order valence-electron chi connectivity index (χ0n) is 7.53. The monoisotopic (exact) mass is 193 g/mol. The van der Waals surface area contributed by atoms with Crippen molar-refractivity contribution < 1.29 is 15.0 Å². The molecule has 0 amide bonds. The van der Waals surface area contributed by atoms with Gasteiger partial charge in [-0.15, -0.1) is 0 Å². The first-order valence-corrected chi connectivity index (χ1v) is 4.46. The predicted octanol–water partition coefficient (Wildman–Crippen LogP) is 0.484. The number of hydrogen-bond acceptors (Lipinski definition) is 4. The molecule has 14 heavy (non-hydrogen) atoms. The van der Waals surface area contributed by atoms with Crippen LogP contribution in [-0.2, 0) is 11.2 Å². The van der Waals surface area contributed by atoms with E-state index in [-0.39, 0.29) is 17.5 Å². The van der Waals surface area contributed by atoms with Crippen molar-refractivity contribution in [1.29, 1.82) is 0 Å². The van der Waals surface area contributed by atoms with E-state index >= 15 is 0 Å². The molecule has 0 aliphatic carbocycles. The number of fused-ring (bicyclic) bond motifs is 1. The van der Waals surface area contributed by atoms with Crippen molar-refractivity contribution in [1.82, 2.24) is 5.32 Å². The normalized spacial score (nSPS) is 20.1. The number of aldehydes is 1. The number of carbonyl (C=O) groups is 1. The lowest BCUT2D eigenvalue weighted by Crippen LogP contribution is -2.30. The average molecular weight is 193 g/mol. The van der Waals surface area contributed by atoms with Gasteiger partial charge in [0.15, 0.2) is 11.5 Å². The Morgan fingerprint density at radius 1 is 1.36 bits per heavy atom. The lowest BCUT2D eigenvalue weighted by atomic mass is 9.94. The Bertz CT molecular complexity index is 376. The fourth-order valence-electron chi connectivity index (χ4n) is 1.74. The lowest BCUT2D eigenvalue weighted by Gasteiger charge is -2.23. The van der Waals surface area contributed by atoms with Gasteiger partial charge in [-0.2, -0.15) is 0 Å². The first kappa shape index (κ1) is 9.02. The smallest absolute Gasteiger partial charge is 0.157 e. The third-order valence-corrected chi connectivity index (χ3v) is 2.47. The summed E-state index contributed by atoms with van der Waals surface area (Å²) in [6, 6.07) is 2.59. The third kappa shape index (κ3) is 1.33. The maximum absolute atomic E-state index is 10.7. The van der Waals surface area contributed by atoms with Gasteiger partial charge in [-0.1, -0.05) is 0 Å². The van der Waals surface area contributed by atoms with Crippen molar-refractivity contribution in [2.24, 2.45) is 0 Å². The standard InChI is InChI=1S/C10H11NO3/c12-5-8-7-4-10(14)9(13)3-6(7)1-2-11-8/h3-5,8,11,13-14H,1-2H2. The molecule has 2 rings (SSSR count). The number of phenolic OH excluding ortho intramolecular Hbond substituents is 2. The second-order valence-corrected chi connectivity index (χ2v) is 3.36. The van der Waals surface area contributed by atoms with Gasteiger partial charge in [-0.25, -0.2) is 0 Å². The van der Waals surface area contributed by atoms with Gasteiger partial charge >= 0.3 is 0 Å². The summed E-state index contributed by atoms with van der Waals surface area (Å²) in [7, 11) is 0. The van der Waals surface area contributed by atoms with Crippen LogP contribution in [0.25, 0.3) is 0 Å². The highest BCUT2D eigenvalue weighted by Crippen LogP contribution is 2.32. The van der Waals surface area contributed by atoms with Crippen LogP contribution in [0.4, 0.5) is 0 Å². The van der Waals surface area contributed by atoms with Crippen molar-refractivity contribution >= 4 is 6.29 Å². The zero-order valence-corrected chi connectivity index (χ0v) is 7.53. The van der Waals surface area contributed by atoms with Gasteiger partial charge in [0.1, 0.15) is 6.29 Å². The Labute approximate surface area is 81.2 Å². The van der Waals surface area contributed by atoms with E-state index in [9.17, 15) is 15.0 Å². The SMILES string of the molecule is O=CC1NCCc2cc(O)c(O)cc21. The summed E-state index contributed by atoms with van der Waals surface area (Å²) in [5.74, 6) is -0.311. The Morgan fingerprint density at radius 3 is 2.79 bits per heavy atom. The second-order valence-electron chi connectivity index (χ2n) is 3.36. The van der Waals surface area contributed by atoms with Crippen LogP contribution in [0.1, 0.15) is 17.2 Å². The number of benzene rings is 1. The van der Waals surface area contributed by atoms with E-state index in [2.05, 4.69) is 5.32 Å². The van der Waals surface area contributed by atoms with E-state index in [0.29, 0.717) is 6.54 Å². The highest BCUT2D eigenvalue weighted by molar-refractivity contribution is 5.65. The Morgan fingerprint density at radius 2 is 2.07 bits per heavy atom. The number of hydrogen-bond donors (Lipinski definition) is 3. The molecule has 4 heteroatoms.